The number of rotatable bonds is 4. The summed E-state index contributed by atoms with van der Waals surface area (Å²) in [6.45, 7) is 2.61. The first-order valence-electron chi connectivity index (χ1n) is 7.74. The maximum absolute atomic E-state index is 13.9. The van der Waals surface area contributed by atoms with Gasteiger partial charge in [-0.15, -0.1) is 0 Å². The van der Waals surface area contributed by atoms with Gasteiger partial charge in [-0.2, -0.15) is 0 Å². The molecule has 2 saturated carbocycles. The Kier molecular flexibility index (Phi) is 3.72. The van der Waals surface area contributed by atoms with Gasteiger partial charge in [0.05, 0.1) is 6.10 Å². The maximum atomic E-state index is 13.9. The number of hydrogen-bond donors (Lipinski definition) is 1. The Hall–Kier alpha value is -1.09. The zero-order valence-electron chi connectivity index (χ0n) is 12.3. The number of benzene rings is 1. The second-order valence-corrected chi connectivity index (χ2v) is 6.66. The van der Waals surface area contributed by atoms with Gasteiger partial charge in [0.15, 0.2) is 0 Å². The highest BCUT2D eigenvalue weighted by atomic mass is 19.1. The third-order valence-electron chi connectivity index (χ3n) is 5.25. The second kappa shape index (κ2) is 5.36. The molecule has 2 aliphatic carbocycles. The summed E-state index contributed by atoms with van der Waals surface area (Å²) in [4.78, 5) is 2.14. The van der Waals surface area contributed by atoms with Crippen LogP contribution in [0.15, 0.2) is 18.2 Å². The molecule has 0 spiro atoms. The van der Waals surface area contributed by atoms with Gasteiger partial charge >= 0.3 is 0 Å². The van der Waals surface area contributed by atoms with Gasteiger partial charge in [0.2, 0.25) is 0 Å². The molecule has 1 aromatic carbocycles. The number of nitrogens with zero attached hydrogens (tertiary/aromatic N) is 1. The van der Waals surface area contributed by atoms with Crippen LogP contribution in [-0.2, 0) is 0 Å². The minimum absolute atomic E-state index is 0.308. The van der Waals surface area contributed by atoms with Gasteiger partial charge in [-0.3, -0.25) is 0 Å². The fourth-order valence-electron chi connectivity index (χ4n) is 4.32. The number of hydrogen-bond acceptors (Lipinski definition) is 2. The normalized spacial score (nSPS) is 29.7. The third-order valence-corrected chi connectivity index (χ3v) is 5.25. The van der Waals surface area contributed by atoms with Crippen molar-refractivity contribution >= 4 is 5.69 Å². The number of fused-ring (bicyclic) bond motifs is 2. The van der Waals surface area contributed by atoms with E-state index in [9.17, 15) is 9.50 Å². The highest BCUT2D eigenvalue weighted by Crippen LogP contribution is 2.48. The van der Waals surface area contributed by atoms with Crippen LogP contribution in [0.5, 0.6) is 0 Å². The summed E-state index contributed by atoms with van der Waals surface area (Å²) < 4.78 is 13.9. The van der Waals surface area contributed by atoms with E-state index in [-0.39, 0.29) is 5.82 Å². The van der Waals surface area contributed by atoms with Crippen molar-refractivity contribution in [3.63, 3.8) is 0 Å². The van der Waals surface area contributed by atoms with Crippen molar-refractivity contribution in [1.29, 1.82) is 0 Å². The highest BCUT2D eigenvalue weighted by Gasteiger charge is 2.39. The lowest BCUT2D eigenvalue weighted by molar-refractivity contribution is 0.194. The van der Waals surface area contributed by atoms with E-state index < -0.39 is 6.10 Å². The fourth-order valence-corrected chi connectivity index (χ4v) is 4.32. The van der Waals surface area contributed by atoms with Gasteiger partial charge in [-0.1, -0.05) is 12.5 Å². The Labute approximate surface area is 120 Å². The summed E-state index contributed by atoms with van der Waals surface area (Å²) in [7, 11) is 2.02. The molecular weight excluding hydrogens is 253 g/mol. The first-order chi connectivity index (χ1) is 9.56. The molecule has 4 unspecified atom stereocenters. The average molecular weight is 277 g/mol. The third kappa shape index (κ3) is 2.44. The molecule has 4 atom stereocenters. The van der Waals surface area contributed by atoms with Crippen LogP contribution >= 0.6 is 0 Å². The van der Waals surface area contributed by atoms with Crippen LogP contribution in [0.25, 0.3) is 0 Å². The standard InChI is InChI=1S/C17H24FNO/c1-11(20)17-15(18)4-3-5-16(17)19(2)10-14-9-12-6-7-13(14)8-12/h3-5,11-14,20H,6-10H2,1-2H3. The molecule has 0 aromatic heterocycles. The van der Waals surface area contributed by atoms with E-state index in [0.29, 0.717) is 5.56 Å². The van der Waals surface area contributed by atoms with E-state index in [1.54, 1.807) is 13.0 Å². The van der Waals surface area contributed by atoms with Gasteiger partial charge in [0.1, 0.15) is 5.82 Å². The Morgan fingerprint density at radius 2 is 2.15 bits per heavy atom. The Balaban J connectivity index is 1.77. The Morgan fingerprint density at radius 1 is 1.35 bits per heavy atom. The molecule has 0 amide bonds. The number of halogens is 1. The Morgan fingerprint density at radius 3 is 2.75 bits per heavy atom. The van der Waals surface area contributed by atoms with Crippen molar-refractivity contribution in [2.24, 2.45) is 17.8 Å². The summed E-state index contributed by atoms with van der Waals surface area (Å²) in [5.41, 5.74) is 1.26. The fraction of sp³-hybridized carbons (Fsp3) is 0.647. The smallest absolute Gasteiger partial charge is 0.131 e. The first-order valence-corrected chi connectivity index (χ1v) is 7.74. The van der Waals surface area contributed by atoms with E-state index in [0.717, 1.165) is 30.0 Å². The molecule has 0 saturated heterocycles. The summed E-state index contributed by atoms with van der Waals surface area (Å²) in [5.74, 6) is 2.23. The largest absolute Gasteiger partial charge is 0.389 e. The zero-order chi connectivity index (χ0) is 14.3. The highest BCUT2D eigenvalue weighted by molar-refractivity contribution is 5.54. The molecule has 3 heteroatoms. The lowest BCUT2D eigenvalue weighted by Crippen LogP contribution is -2.29. The van der Waals surface area contributed by atoms with Crippen LogP contribution in [0.2, 0.25) is 0 Å². The molecule has 2 nitrogen and oxygen atoms in total. The van der Waals surface area contributed by atoms with Crippen LogP contribution in [0.1, 0.15) is 44.3 Å². The van der Waals surface area contributed by atoms with Crippen molar-refractivity contribution in [3.8, 4) is 0 Å². The predicted octanol–water partition coefficient (Wildman–Crippen LogP) is 3.75. The van der Waals surface area contributed by atoms with Gasteiger partial charge in [-0.05, 0) is 56.1 Å². The predicted molar refractivity (Wildman–Crippen MR) is 79.2 cm³/mol. The van der Waals surface area contributed by atoms with Crippen molar-refractivity contribution in [3.05, 3.63) is 29.6 Å². The molecule has 20 heavy (non-hydrogen) atoms. The van der Waals surface area contributed by atoms with E-state index in [1.165, 1.54) is 31.7 Å². The maximum Gasteiger partial charge on any atom is 0.131 e. The molecular formula is C17H24FNO. The zero-order valence-corrected chi connectivity index (χ0v) is 12.3. The van der Waals surface area contributed by atoms with Gasteiger partial charge in [0, 0.05) is 24.8 Å². The van der Waals surface area contributed by atoms with E-state index in [2.05, 4.69) is 4.90 Å². The average Bonchev–Trinajstić information content (AvgIpc) is 3.00. The van der Waals surface area contributed by atoms with Gasteiger partial charge in [0.25, 0.3) is 0 Å². The molecule has 1 aromatic rings. The SMILES string of the molecule is CC(O)c1c(F)cccc1N(C)CC1CC2CCC1C2. The van der Waals surface area contributed by atoms with Crippen molar-refractivity contribution in [2.75, 3.05) is 18.5 Å². The molecule has 0 radical (unpaired) electrons. The molecule has 0 aliphatic heterocycles. The lowest BCUT2D eigenvalue weighted by atomic mass is 9.88. The van der Waals surface area contributed by atoms with Crippen LogP contribution in [0.3, 0.4) is 0 Å². The van der Waals surface area contributed by atoms with E-state index >= 15 is 0 Å². The molecule has 2 aliphatic rings. The van der Waals surface area contributed by atoms with Gasteiger partial charge in [-0.25, -0.2) is 4.39 Å². The quantitative estimate of drug-likeness (QED) is 0.906. The summed E-state index contributed by atoms with van der Waals surface area (Å²) in [6.07, 6.45) is 4.73. The van der Waals surface area contributed by atoms with E-state index in [4.69, 9.17) is 0 Å². The lowest BCUT2D eigenvalue weighted by Gasteiger charge is -2.30. The Bertz CT molecular complexity index is 488. The molecule has 110 valence electrons. The molecule has 2 bridgehead atoms. The van der Waals surface area contributed by atoms with Gasteiger partial charge < -0.3 is 10.0 Å². The van der Waals surface area contributed by atoms with Crippen molar-refractivity contribution in [1.82, 2.24) is 0 Å². The monoisotopic (exact) mass is 277 g/mol. The topological polar surface area (TPSA) is 23.5 Å². The molecule has 1 N–H and O–H groups in total. The molecule has 2 fully saturated rings. The number of aliphatic hydroxyl groups excluding tert-OH is 1. The summed E-state index contributed by atoms with van der Waals surface area (Å²) >= 11 is 0. The van der Waals surface area contributed by atoms with Crippen molar-refractivity contribution in [2.45, 2.75) is 38.7 Å². The van der Waals surface area contributed by atoms with Crippen LogP contribution in [0, 0.1) is 23.6 Å². The summed E-state index contributed by atoms with van der Waals surface area (Å²) in [6, 6.07) is 5.07. The molecule has 0 heterocycles. The number of aliphatic hydroxyl groups is 1. The van der Waals surface area contributed by atoms with Crippen molar-refractivity contribution < 1.29 is 9.50 Å². The van der Waals surface area contributed by atoms with Crippen LogP contribution in [-0.4, -0.2) is 18.7 Å². The first kappa shape index (κ1) is 13.9. The summed E-state index contributed by atoms with van der Waals surface area (Å²) in [5, 5.41) is 9.83. The van der Waals surface area contributed by atoms with E-state index in [1.807, 2.05) is 13.1 Å². The second-order valence-electron chi connectivity index (χ2n) is 6.66. The minimum atomic E-state index is -0.770. The minimum Gasteiger partial charge on any atom is -0.389 e. The number of anilines is 1. The van der Waals surface area contributed by atoms with Crippen LogP contribution < -0.4 is 4.90 Å². The molecule has 3 rings (SSSR count). The van der Waals surface area contributed by atoms with Crippen LogP contribution in [0.4, 0.5) is 10.1 Å².